The van der Waals surface area contributed by atoms with Crippen LogP contribution in [0.25, 0.3) is 0 Å². The smallest absolute Gasteiger partial charge is 0.223 e. The molecule has 0 aliphatic rings. The highest BCUT2D eigenvalue weighted by Gasteiger charge is 2.23. The molecule has 0 spiro atoms. The van der Waals surface area contributed by atoms with Gasteiger partial charge in [0, 0.05) is 18.5 Å². The fourth-order valence-electron chi connectivity index (χ4n) is 2.50. The van der Waals surface area contributed by atoms with Gasteiger partial charge in [-0.2, -0.15) is 0 Å². The van der Waals surface area contributed by atoms with Gasteiger partial charge in [0.05, 0.1) is 6.04 Å². The van der Waals surface area contributed by atoms with Crippen LogP contribution in [0.4, 0.5) is 4.39 Å². The van der Waals surface area contributed by atoms with Gasteiger partial charge in [0.1, 0.15) is 5.82 Å². The van der Waals surface area contributed by atoms with Crippen LogP contribution in [0.3, 0.4) is 0 Å². The molecule has 2 rings (SSSR count). The molecular weight excluding hydrogens is 350 g/mol. The summed E-state index contributed by atoms with van der Waals surface area (Å²) in [5.74, 6) is -0.305. The molecule has 130 valence electrons. The van der Waals surface area contributed by atoms with Crippen molar-refractivity contribution in [3.8, 4) is 0 Å². The molecule has 1 unspecified atom stereocenters. The zero-order valence-corrected chi connectivity index (χ0v) is 15.0. The summed E-state index contributed by atoms with van der Waals surface area (Å²) >= 11 is 5.95. The summed E-state index contributed by atoms with van der Waals surface area (Å²) in [6, 6.07) is 13.2. The van der Waals surface area contributed by atoms with E-state index in [1.165, 1.54) is 12.1 Å². The van der Waals surface area contributed by atoms with Gasteiger partial charge in [0.25, 0.3) is 0 Å². The predicted octanol–water partition coefficient (Wildman–Crippen LogP) is 4.19. The Labute approximate surface area is 153 Å². The molecule has 0 aromatic heterocycles. The number of benzene rings is 2. The van der Waals surface area contributed by atoms with Crippen LogP contribution < -0.4 is 5.73 Å². The first-order valence-electron chi connectivity index (χ1n) is 7.49. The summed E-state index contributed by atoms with van der Waals surface area (Å²) in [6.45, 7) is 0.474. The predicted molar refractivity (Wildman–Crippen MR) is 98.0 cm³/mol. The van der Waals surface area contributed by atoms with Gasteiger partial charge in [0.2, 0.25) is 5.91 Å². The fraction of sp³-hybridized carbons (Fsp3) is 0.278. The number of hydrogen-bond acceptors (Lipinski definition) is 2. The molecule has 3 nitrogen and oxygen atoms in total. The minimum absolute atomic E-state index is 0. The van der Waals surface area contributed by atoms with E-state index in [1.54, 1.807) is 36.2 Å². The molecule has 2 N–H and O–H groups in total. The van der Waals surface area contributed by atoms with Crippen molar-refractivity contribution in [2.75, 3.05) is 13.6 Å². The second kappa shape index (κ2) is 9.62. The maximum absolute atomic E-state index is 13.2. The third-order valence-electron chi connectivity index (χ3n) is 3.75. The van der Waals surface area contributed by atoms with Crippen LogP contribution in [-0.4, -0.2) is 24.4 Å². The zero-order chi connectivity index (χ0) is 16.8. The largest absolute Gasteiger partial charge is 0.335 e. The van der Waals surface area contributed by atoms with Crippen molar-refractivity contribution in [3.63, 3.8) is 0 Å². The van der Waals surface area contributed by atoms with Crippen molar-refractivity contribution in [1.29, 1.82) is 0 Å². The lowest BCUT2D eigenvalue weighted by Crippen LogP contribution is -2.32. The lowest BCUT2D eigenvalue weighted by molar-refractivity contribution is -0.131. The molecule has 0 aliphatic heterocycles. The molecule has 0 fully saturated rings. The highest BCUT2D eigenvalue weighted by Crippen LogP contribution is 2.29. The van der Waals surface area contributed by atoms with E-state index in [9.17, 15) is 9.18 Å². The maximum Gasteiger partial charge on any atom is 0.223 e. The van der Waals surface area contributed by atoms with E-state index < -0.39 is 0 Å². The number of nitrogens with zero attached hydrogens (tertiary/aromatic N) is 1. The molecular formula is C18H21Cl2FN2O. The first-order valence-corrected chi connectivity index (χ1v) is 7.87. The summed E-state index contributed by atoms with van der Waals surface area (Å²) in [4.78, 5) is 14.1. The molecule has 2 aromatic carbocycles. The topological polar surface area (TPSA) is 46.3 Å². The normalized spacial score (nSPS) is 11.5. The zero-order valence-electron chi connectivity index (χ0n) is 13.4. The third-order valence-corrected chi connectivity index (χ3v) is 4.00. The number of halogens is 3. The van der Waals surface area contributed by atoms with Crippen LogP contribution in [0.15, 0.2) is 48.5 Å². The Morgan fingerprint density at radius 1 is 1.12 bits per heavy atom. The first-order chi connectivity index (χ1) is 11.0. The standard InChI is InChI=1S/C18H20ClFN2O.ClH/c1-22(17(23)3-2-12-21)18(13-4-8-15(19)9-5-13)14-6-10-16(20)11-7-14;/h4-11,18H,2-3,12,21H2,1H3;1H. The van der Waals surface area contributed by atoms with E-state index in [-0.39, 0.29) is 30.2 Å². The van der Waals surface area contributed by atoms with Crippen LogP contribution in [0, 0.1) is 5.82 Å². The Morgan fingerprint density at radius 2 is 1.62 bits per heavy atom. The summed E-state index contributed by atoms with van der Waals surface area (Å²) < 4.78 is 13.2. The molecule has 0 aliphatic carbocycles. The molecule has 0 saturated heterocycles. The molecule has 2 aromatic rings. The van der Waals surface area contributed by atoms with Crippen LogP contribution in [0.5, 0.6) is 0 Å². The Morgan fingerprint density at radius 3 is 2.12 bits per heavy atom. The van der Waals surface area contributed by atoms with Crippen molar-refractivity contribution in [3.05, 3.63) is 70.5 Å². The summed E-state index contributed by atoms with van der Waals surface area (Å²) in [7, 11) is 1.75. The second-order valence-electron chi connectivity index (χ2n) is 5.40. The number of nitrogens with two attached hydrogens (primary N) is 1. The van der Waals surface area contributed by atoms with Gasteiger partial charge in [-0.1, -0.05) is 35.9 Å². The lowest BCUT2D eigenvalue weighted by Gasteiger charge is -2.29. The average Bonchev–Trinajstić information content (AvgIpc) is 2.56. The van der Waals surface area contributed by atoms with Crippen LogP contribution in [0.1, 0.15) is 30.0 Å². The summed E-state index contributed by atoms with van der Waals surface area (Å²) in [6.07, 6.45) is 1.03. The van der Waals surface area contributed by atoms with Crippen molar-refractivity contribution in [2.24, 2.45) is 5.73 Å². The lowest BCUT2D eigenvalue weighted by atomic mass is 9.97. The monoisotopic (exact) mass is 370 g/mol. The Kier molecular flexibility index (Phi) is 8.19. The summed E-state index contributed by atoms with van der Waals surface area (Å²) in [5, 5.41) is 0.628. The fourth-order valence-corrected chi connectivity index (χ4v) is 2.63. The average molecular weight is 371 g/mol. The quantitative estimate of drug-likeness (QED) is 0.828. The molecule has 0 bridgehead atoms. The van der Waals surface area contributed by atoms with E-state index in [0.29, 0.717) is 24.4 Å². The van der Waals surface area contributed by atoms with Crippen LogP contribution >= 0.6 is 24.0 Å². The molecule has 0 heterocycles. The van der Waals surface area contributed by atoms with Crippen molar-refractivity contribution < 1.29 is 9.18 Å². The molecule has 6 heteroatoms. The summed E-state index contributed by atoms with van der Waals surface area (Å²) in [5.41, 5.74) is 7.25. The van der Waals surface area contributed by atoms with E-state index in [4.69, 9.17) is 17.3 Å². The molecule has 24 heavy (non-hydrogen) atoms. The van der Waals surface area contributed by atoms with Gasteiger partial charge >= 0.3 is 0 Å². The minimum atomic E-state index is -0.305. The van der Waals surface area contributed by atoms with Gasteiger partial charge in [-0.3, -0.25) is 4.79 Å². The molecule has 0 saturated carbocycles. The number of hydrogen-bond donors (Lipinski definition) is 1. The molecule has 1 amide bonds. The SMILES string of the molecule is CN(C(=O)CCCN)C(c1ccc(F)cc1)c1ccc(Cl)cc1.Cl. The number of rotatable bonds is 6. The van der Waals surface area contributed by atoms with Crippen molar-refractivity contribution in [1.82, 2.24) is 4.90 Å². The van der Waals surface area contributed by atoms with Crippen molar-refractivity contribution in [2.45, 2.75) is 18.9 Å². The first kappa shape index (κ1) is 20.4. The van der Waals surface area contributed by atoms with Crippen molar-refractivity contribution >= 4 is 29.9 Å². The van der Waals surface area contributed by atoms with Gasteiger partial charge in [-0.25, -0.2) is 4.39 Å². The van der Waals surface area contributed by atoms with Crippen LogP contribution in [0.2, 0.25) is 5.02 Å². The number of carbonyl (C=O) groups excluding carboxylic acids is 1. The molecule has 0 radical (unpaired) electrons. The highest BCUT2D eigenvalue weighted by atomic mass is 35.5. The van der Waals surface area contributed by atoms with Crippen LogP contribution in [-0.2, 0) is 4.79 Å². The Balaban J connectivity index is 0.00000288. The Bertz CT molecular complexity index is 602. The van der Waals surface area contributed by atoms with E-state index in [1.807, 2.05) is 12.1 Å². The second-order valence-corrected chi connectivity index (χ2v) is 5.84. The minimum Gasteiger partial charge on any atom is -0.335 e. The van der Waals surface area contributed by atoms with Gasteiger partial charge in [0.15, 0.2) is 0 Å². The number of amides is 1. The van der Waals surface area contributed by atoms with E-state index in [2.05, 4.69) is 0 Å². The maximum atomic E-state index is 13.2. The van der Waals surface area contributed by atoms with Gasteiger partial charge in [-0.15, -0.1) is 12.4 Å². The third kappa shape index (κ3) is 5.20. The molecule has 1 atom stereocenters. The van der Waals surface area contributed by atoms with Gasteiger partial charge in [-0.05, 0) is 48.4 Å². The van der Waals surface area contributed by atoms with E-state index >= 15 is 0 Å². The van der Waals surface area contributed by atoms with Gasteiger partial charge < -0.3 is 10.6 Å². The highest BCUT2D eigenvalue weighted by molar-refractivity contribution is 6.30. The number of carbonyl (C=O) groups is 1. The Hall–Kier alpha value is -1.62. The van der Waals surface area contributed by atoms with E-state index in [0.717, 1.165) is 11.1 Å².